The molecule has 0 aliphatic rings. The SMILES string of the molecule is C=C(C)COC(=C)c1c(CC)nc2c(c1-c1ccccc1)c(=Nc1ccc(O)cc1)nc(C)n2-c1ccccc1. The first kappa shape index (κ1) is 26.6. The van der Waals surface area contributed by atoms with Crippen LogP contribution in [-0.2, 0) is 11.2 Å². The van der Waals surface area contributed by atoms with E-state index < -0.39 is 0 Å². The molecule has 0 saturated heterocycles. The third-order valence-corrected chi connectivity index (χ3v) is 6.55. The first-order valence-corrected chi connectivity index (χ1v) is 13.2. The van der Waals surface area contributed by atoms with Crippen molar-refractivity contribution >= 4 is 22.5 Å². The highest BCUT2D eigenvalue weighted by atomic mass is 16.5. The van der Waals surface area contributed by atoms with E-state index in [1.807, 2.05) is 62.4 Å². The minimum Gasteiger partial charge on any atom is -0.508 e. The number of hydrogen-bond acceptors (Lipinski definition) is 5. The average molecular weight is 529 g/mol. The smallest absolute Gasteiger partial charge is 0.166 e. The molecule has 0 spiro atoms. The van der Waals surface area contributed by atoms with Crippen LogP contribution in [-0.4, -0.2) is 26.2 Å². The summed E-state index contributed by atoms with van der Waals surface area (Å²) in [7, 11) is 0. The maximum Gasteiger partial charge on any atom is 0.166 e. The summed E-state index contributed by atoms with van der Waals surface area (Å²) >= 11 is 0. The van der Waals surface area contributed by atoms with E-state index >= 15 is 0 Å². The van der Waals surface area contributed by atoms with Crippen molar-refractivity contribution in [3.63, 3.8) is 0 Å². The van der Waals surface area contributed by atoms with Crippen LogP contribution in [0.25, 0.3) is 33.6 Å². The van der Waals surface area contributed by atoms with Crippen LogP contribution in [0.5, 0.6) is 5.75 Å². The number of rotatable bonds is 8. The summed E-state index contributed by atoms with van der Waals surface area (Å²) in [5.74, 6) is 1.45. The van der Waals surface area contributed by atoms with Gasteiger partial charge in [0.05, 0.1) is 16.8 Å². The van der Waals surface area contributed by atoms with Gasteiger partial charge in [0.2, 0.25) is 0 Å². The molecule has 1 N–H and O–H groups in total. The van der Waals surface area contributed by atoms with Crippen molar-refractivity contribution in [1.82, 2.24) is 14.5 Å². The van der Waals surface area contributed by atoms with Crippen molar-refractivity contribution < 1.29 is 9.84 Å². The van der Waals surface area contributed by atoms with Gasteiger partial charge < -0.3 is 9.84 Å². The molecule has 2 heterocycles. The predicted octanol–water partition coefficient (Wildman–Crippen LogP) is 7.46. The fraction of sp³-hybridized carbons (Fsp3) is 0.147. The van der Waals surface area contributed by atoms with Gasteiger partial charge in [-0.2, -0.15) is 0 Å². The fourth-order valence-corrected chi connectivity index (χ4v) is 4.76. The standard InChI is InChI=1S/C34H32N4O2/c1-6-29-30(23(4)40-21-22(2)3)31(25-13-9-7-10-14-25)32-33(36-26-17-19-28(39)20-18-26)35-24(5)38(34(32)37-29)27-15-11-8-12-16-27/h7-20,39H,2,4,6,21H2,1,3,5H3. The molecule has 5 rings (SSSR count). The maximum atomic E-state index is 9.84. The van der Waals surface area contributed by atoms with Crippen LogP contribution in [0.1, 0.15) is 30.9 Å². The summed E-state index contributed by atoms with van der Waals surface area (Å²) in [6.45, 7) is 14.6. The lowest BCUT2D eigenvalue weighted by atomic mass is 9.93. The van der Waals surface area contributed by atoms with Crippen LogP contribution in [0.3, 0.4) is 0 Å². The van der Waals surface area contributed by atoms with Crippen molar-refractivity contribution in [2.24, 2.45) is 4.99 Å². The molecule has 5 aromatic rings. The summed E-state index contributed by atoms with van der Waals surface area (Å²) in [5.41, 5.74) is 7.36. The first-order valence-electron chi connectivity index (χ1n) is 13.2. The third kappa shape index (κ3) is 5.29. The van der Waals surface area contributed by atoms with Gasteiger partial charge in [0, 0.05) is 16.8 Å². The summed E-state index contributed by atoms with van der Waals surface area (Å²) in [5, 5.41) is 10.6. The number of phenols is 1. The molecule has 200 valence electrons. The lowest BCUT2D eigenvalue weighted by Crippen LogP contribution is -2.21. The zero-order valence-corrected chi connectivity index (χ0v) is 23.1. The highest BCUT2D eigenvalue weighted by molar-refractivity contribution is 5.99. The number of aromatic hydroxyl groups is 1. The molecule has 3 aromatic carbocycles. The van der Waals surface area contributed by atoms with Gasteiger partial charge in [0.15, 0.2) is 11.1 Å². The number of pyridine rings is 1. The van der Waals surface area contributed by atoms with Crippen molar-refractivity contribution in [3.05, 3.63) is 126 Å². The molecule has 40 heavy (non-hydrogen) atoms. The number of nitrogens with zero attached hydrogens (tertiary/aromatic N) is 4. The lowest BCUT2D eigenvalue weighted by Gasteiger charge is -2.22. The normalized spacial score (nSPS) is 11.5. The van der Waals surface area contributed by atoms with Crippen LogP contribution < -0.4 is 5.49 Å². The molecule has 0 aliphatic heterocycles. The number of aryl methyl sites for hydroxylation is 2. The molecular weight excluding hydrogens is 496 g/mol. The molecule has 0 saturated carbocycles. The Morgan fingerprint density at radius 3 is 2.20 bits per heavy atom. The lowest BCUT2D eigenvalue weighted by molar-refractivity contribution is 0.311. The Balaban J connectivity index is 1.99. The molecule has 0 atom stereocenters. The third-order valence-electron chi connectivity index (χ3n) is 6.55. The molecule has 0 aliphatic carbocycles. The van der Waals surface area contributed by atoms with E-state index in [1.54, 1.807) is 24.3 Å². The van der Waals surface area contributed by atoms with E-state index in [0.29, 0.717) is 30.0 Å². The van der Waals surface area contributed by atoms with E-state index in [0.717, 1.165) is 50.5 Å². The van der Waals surface area contributed by atoms with Crippen molar-refractivity contribution in [2.45, 2.75) is 27.2 Å². The summed E-state index contributed by atoms with van der Waals surface area (Å²) in [6.07, 6.45) is 0.668. The van der Waals surface area contributed by atoms with Gasteiger partial charge in [-0.05, 0) is 67.8 Å². The summed E-state index contributed by atoms with van der Waals surface area (Å²) < 4.78 is 8.20. The van der Waals surface area contributed by atoms with Crippen molar-refractivity contribution in [1.29, 1.82) is 0 Å². The maximum absolute atomic E-state index is 9.84. The Morgan fingerprint density at radius 1 is 0.925 bits per heavy atom. The van der Waals surface area contributed by atoms with Gasteiger partial charge in [-0.15, -0.1) is 0 Å². The van der Waals surface area contributed by atoms with Gasteiger partial charge >= 0.3 is 0 Å². The van der Waals surface area contributed by atoms with E-state index in [2.05, 4.69) is 36.8 Å². The molecule has 0 radical (unpaired) electrons. The van der Waals surface area contributed by atoms with Gasteiger partial charge in [-0.3, -0.25) is 4.57 Å². The summed E-state index contributed by atoms with van der Waals surface area (Å²) in [6, 6.07) is 27.0. The summed E-state index contributed by atoms with van der Waals surface area (Å²) in [4.78, 5) is 15.2. The molecule has 0 amide bonds. The topological polar surface area (TPSA) is 72.5 Å². The molecule has 6 heteroatoms. The second-order valence-electron chi connectivity index (χ2n) is 9.68. The van der Waals surface area contributed by atoms with Crippen molar-refractivity contribution in [2.75, 3.05) is 6.61 Å². The fourth-order valence-electron chi connectivity index (χ4n) is 4.76. The quantitative estimate of drug-likeness (QED) is 0.168. The van der Waals surface area contributed by atoms with E-state index in [1.165, 1.54) is 0 Å². The molecule has 0 bridgehead atoms. The first-order chi connectivity index (χ1) is 19.4. The Bertz CT molecular complexity index is 1770. The number of para-hydroxylation sites is 1. The van der Waals surface area contributed by atoms with Crippen LogP contribution in [0, 0.1) is 6.92 Å². The highest BCUT2D eigenvalue weighted by Gasteiger charge is 2.23. The van der Waals surface area contributed by atoms with E-state index in [4.69, 9.17) is 19.7 Å². The number of benzene rings is 3. The Morgan fingerprint density at radius 2 is 1.57 bits per heavy atom. The minimum absolute atomic E-state index is 0.176. The molecule has 0 unspecified atom stereocenters. The second kappa shape index (κ2) is 11.4. The predicted molar refractivity (Wildman–Crippen MR) is 162 cm³/mol. The molecular formula is C34H32N4O2. The van der Waals surface area contributed by atoms with Gasteiger partial charge in [-0.1, -0.05) is 68.6 Å². The van der Waals surface area contributed by atoms with E-state index in [9.17, 15) is 5.11 Å². The number of ether oxygens (including phenoxy) is 1. The Labute approximate surface area is 234 Å². The highest BCUT2D eigenvalue weighted by Crippen LogP contribution is 2.37. The van der Waals surface area contributed by atoms with Crippen LogP contribution in [0.4, 0.5) is 5.69 Å². The average Bonchev–Trinajstić information content (AvgIpc) is 2.97. The van der Waals surface area contributed by atoms with Crippen LogP contribution >= 0.6 is 0 Å². The largest absolute Gasteiger partial charge is 0.508 e. The van der Waals surface area contributed by atoms with Gasteiger partial charge in [0.25, 0.3) is 0 Å². The Hall–Kier alpha value is -4.97. The van der Waals surface area contributed by atoms with E-state index in [-0.39, 0.29) is 5.75 Å². The molecule has 0 fully saturated rings. The number of phenolic OH excluding ortho intramolecular Hbond substituents is 1. The zero-order valence-electron chi connectivity index (χ0n) is 23.1. The Kier molecular flexibility index (Phi) is 7.60. The monoisotopic (exact) mass is 528 g/mol. The second-order valence-corrected chi connectivity index (χ2v) is 9.68. The van der Waals surface area contributed by atoms with Gasteiger partial charge in [0.1, 0.15) is 23.9 Å². The number of aromatic nitrogens is 3. The molecule has 2 aromatic heterocycles. The van der Waals surface area contributed by atoms with Gasteiger partial charge in [-0.25, -0.2) is 15.0 Å². The van der Waals surface area contributed by atoms with Crippen LogP contribution in [0.15, 0.2) is 109 Å². The molecule has 6 nitrogen and oxygen atoms in total. The van der Waals surface area contributed by atoms with Crippen molar-refractivity contribution in [3.8, 4) is 22.6 Å². The number of hydrogen-bond donors (Lipinski definition) is 1. The van der Waals surface area contributed by atoms with Crippen LogP contribution in [0.2, 0.25) is 0 Å². The minimum atomic E-state index is 0.176. The zero-order chi connectivity index (χ0) is 28.2. The number of fused-ring (bicyclic) bond motifs is 1.